The van der Waals surface area contributed by atoms with Gasteiger partial charge >= 0.3 is 5.97 Å². The first-order chi connectivity index (χ1) is 10.9. The Morgan fingerprint density at radius 1 is 0.913 bits per heavy atom. The van der Waals surface area contributed by atoms with Gasteiger partial charge in [0.2, 0.25) is 11.6 Å². The summed E-state index contributed by atoms with van der Waals surface area (Å²) in [6.45, 7) is 0. The summed E-state index contributed by atoms with van der Waals surface area (Å²) in [5.41, 5.74) is 1.44. The third kappa shape index (κ3) is 2.89. The van der Waals surface area contributed by atoms with Crippen LogP contribution in [0.5, 0.6) is 0 Å². The fourth-order valence-corrected chi connectivity index (χ4v) is 2.49. The summed E-state index contributed by atoms with van der Waals surface area (Å²) in [6, 6.07) is 10.3. The number of carbonyl (C=O) groups is 3. The Bertz CT molecular complexity index is 918. The predicted octanol–water partition coefficient (Wildman–Crippen LogP) is 2.60. The molecule has 0 unspecified atom stereocenters. The molecule has 0 spiro atoms. The predicted molar refractivity (Wildman–Crippen MR) is 83.4 cm³/mol. The largest absolute Gasteiger partial charge is 0.508 e. The van der Waals surface area contributed by atoms with E-state index in [0.717, 1.165) is 28.5 Å². The molecule has 114 valence electrons. The molecule has 0 bridgehead atoms. The average Bonchev–Trinajstić information content (AvgIpc) is 2.52. The van der Waals surface area contributed by atoms with Crippen LogP contribution in [0.2, 0.25) is 0 Å². The first-order valence-corrected chi connectivity index (χ1v) is 6.90. The highest BCUT2D eigenvalue weighted by Crippen LogP contribution is 2.22. The van der Waals surface area contributed by atoms with E-state index in [0.29, 0.717) is 12.0 Å². The molecule has 23 heavy (non-hydrogen) atoms. The number of aromatic carboxylic acids is 1. The van der Waals surface area contributed by atoms with Gasteiger partial charge in [-0.3, -0.25) is 9.59 Å². The number of rotatable bonds is 3. The Hall–Kier alpha value is -3.21. The molecule has 1 aliphatic rings. The normalized spacial score (nSPS) is 14.6. The number of hydrogen-bond acceptors (Lipinski definition) is 4. The van der Waals surface area contributed by atoms with E-state index in [4.69, 9.17) is 5.11 Å². The number of hydrogen-bond donors (Lipinski definition) is 2. The number of carbonyl (C=O) groups excluding carboxylic acids is 2. The minimum atomic E-state index is -0.985. The van der Waals surface area contributed by atoms with Crippen LogP contribution in [0.4, 0.5) is 0 Å². The second-order valence-corrected chi connectivity index (χ2v) is 5.31. The summed E-state index contributed by atoms with van der Waals surface area (Å²) in [7, 11) is 0. The molecule has 0 aromatic heterocycles. The molecule has 0 amide bonds. The van der Waals surface area contributed by atoms with Gasteiger partial charge in [-0.1, -0.05) is 24.3 Å². The maximum atomic E-state index is 11.4. The van der Waals surface area contributed by atoms with Gasteiger partial charge in [-0.15, -0.1) is 0 Å². The van der Waals surface area contributed by atoms with Crippen LogP contribution in [-0.2, 0) is 16.0 Å². The van der Waals surface area contributed by atoms with Crippen LogP contribution >= 0.6 is 0 Å². The molecule has 0 saturated heterocycles. The SMILES string of the molecule is O=C1C=C(O)C(Cc2ccc3cc(C(=O)O)ccc3c2)=CC1=O. The van der Waals surface area contributed by atoms with E-state index < -0.39 is 17.5 Å². The summed E-state index contributed by atoms with van der Waals surface area (Å²) in [5, 5.41) is 20.4. The molecule has 0 saturated carbocycles. The minimum Gasteiger partial charge on any atom is -0.508 e. The van der Waals surface area contributed by atoms with E-state index in [-0.39, 0.29) is 11.3 Å². The summed E-state index contributed by atoms with van der Waals surface area (Å²) >= 11 is 0. The molecule has 0 atom stereocenters. The van der Waals surface area contributed by atoms with Crippen molar-refractivity contribution in [1.82, 2.24) is 0 Å². The van der Waals surface area contributed by atoms with Crippen LogP contribution in [-0.4, -0.2) is 27.7 Å². The van der Waals surface area contributed by atoms with Crippen molar-refractivity contribution in [3.05, 3.63) is 71.0 Å². The number of fused-ring (bicyclic) bond motifs is 1. The zero-order valence-electron chi connectivity index (χ0n) is 11.9. The third-order valence-corrected chi connectivity index (χ3v) is 3.69. The van der Waals surface area contributed by atoms with E-state index in [9.17, 15) is 19.5 Å². The summed E-state index contributed by atoms with van der Waals surface area (Å²) in [5.74, 6) is -2.56. The van der Waals surface area contributed by atoms with E-state index in [2.05, 4.69) is 0 Å². The zero-order valence-corrected chi connectivity index (χ0v) is 11.9. The highest BCUT2D eigenvalue weighted by Gasteiger charge is 2.19. The summed E-state index contributed by atoms with van der Waals surface area (Å²) < 4.78 is 0. The number of benzene rings is 2. The minimum absolute atomic E-state index is 0.198. The molecule has 5 nitrogen and oxygen atoms in total. The number of carboxylic acid groups (broad SMARTS) is 1. The molecule has 0 aliphatic heterocycles. The Morgan fingerprint density at radius 3 is 2.30 bits per heavy atom. The lowest BCUT2D eigenvalue weighted by atomic mass is 9.95. The van der Waals surface area contributed by atoms with Crippen molar-refractivity contribution in [2.75, 3.05) is 0 Å². The molecule has 2 aromatic rings. The van der Waals surface area contributed by atoms with Crippen LogP contribution in [0.3, 0.4) is 0 Å². The molecular weight excluding hydrogens is 296 g/mol. The number of carboxylic acids is 1. The van der Waals surface area contributed by atoms with Gasteiger partial charge in [-0.2, -0.15) is 0 Å². The molecule has 1 aliphatic carbocycles. The van der Waals surface area contributed by atoms with Crippen LogP contribution in [0.25, 0.3) is 10.8 Å². The van der Waals surface area contributed by atoms with E-state index in [1.54, 1.807) is 24.3 Å². The smallest absolute Gasteiger partial charge is 0.335 e. The van der Waals surface area contributed by atoms with Crippen molar-refractivity contribution < 1.29 is 24.6 Å². The van der Waals surface area contributed by atoms with Crippen molar-refractivity contribution in [2.24, 2.45) is 0 Å². The van der Waals surface area contributed by atoms with Gasteiger partial charge in [0.1, 0.15) is 5.76 Å². The van der Waals surface area contributed by atoms with Crippen LogP contribution < -0.4 is 0 Å². The molecule has 2 aromatic carbocycles. The highest BCUT2D eigenvalue weighted by atomic mass is 16.4. The molecule has 2 N–H and O–H groups in total. The van der Waals surface area contributed by atoms with E-state index in [1.807, 2.05) is 6.07 Å². The standard InChI is InChI=1S/C18H12O5/c19-15-9-17(21)16(20)8-14(15)6-10-1-2-12-7-13(18(22)23)4-3-11(12)5-10/h1-5,7-9,19H,6H2,(H,22,23). The quantitative estimate of drug-likeness (QED) is 0.671. The lowest BCUT2D eigenvalue weighted by Crippen LogP contribution is -2.15. The number of aliphatic hydroxyl groups is 1. The first-order valence-electron chi connectivity index (χ1n) is 6.90. The van der Waals surface area contributed by atoms with Gasteiger partial charge in [-0.05, 0) is 34.5 Å². The fraction of sp³-hybridized carbons (Fsp3) is 0.0556. The van der Waals surface area contributed by atoms with Crippen molar-refractivity contribution in [1.29, 1.82) is 0 Å². The highest BCUT2D eigenvalue weighted by molar-refractivity contribution is 6.46. The van der Waals surface area contributed by atoms with Gasteiger partial charge in [0, 0.05) is 18.1 Å². The Balaban J connectivity index is 1.93. The van der Waals surface area contributed by atoms with E-state index in [1.165, 1.54) is 6.07 Å². The number of aliphatic hydroxyl groups excluding tert-OH is 1. The molecule has 0 heterocycles. The van der Waals surface area contributed by atoms with Crippen molar-refractivity contribution in [2.45, 2.75) is 6.42 Å². The first kappa shape index (κ1) is 14.7. The summed E-state index contributed by atoms with van der Waals surface area (Å²) in [6.07, 6.45) is 2.38. The molecule has 5 heteroatoms. The Kier molecular flexibility index (Phi) is 3.54. The van der Waals surface area contributed by atoms with Crippen molar-refractivity contribution in [3.63, 3.8) is 0 Å². The maximum absolute atomic E-state index is 11.4. The van der Waals surface area contributed by atoms with Gasteiger partial charge < -0.3 is 10.2 Å². The number of ketones is 2. The average molecular weight is 308 g/mol. The molecular formula is C18H12O5. The lowest BCUT2D eigenvalue weighted by molar-refractivity contribution is -0.131. The van der Waals surface area contributed by atoms with Gasteiger partial charge in [0.25, 0.3) is 0 Å². The molecule has 0 fully saturated rings. The second kappa shape index (κ2) is 5.53. The third-order valence-electron chi connectivity index (χ3n) is 3.69. The topological polar surface area (TPSA) is 91.7 Å². The van der Waals surface area contributed by atoms with Crippen molar-refractivity contribution >= 4 is 28.3 Å². The Labute approximate surface area is 131 Å². The van der Waals surface area contributed by atoms with Crippen LogP contribution in [0.15, 0.2) is 59.9 Å². The van der Waals surface area contributed by atoms with Gasteiger partial charge in [0.05, 0.1) is 5.56 Å². The lowest BCUT2D eigenvalue weighted by Gasteiger charge is -2.11. The monoisotopic (exact) mass is 308 g/mol. The van der Waals surface area contributed by atoms with Gasteiger partial charge in [0.15, 0.2) is 0 Å². The van der Waals surface area contributed by atoms with E-state index >= 15 is 0 Å². The maximum Gasteiger partial charge on any atom is 0.335 e. The molecule has 3 rings (SSSR count). The second-order valence-electron chi connectivity index (χ2n) is 5.31. The zero-order chi connectivity index (χ0) is 16.6. The Morgan fingerprint density at radius 2 is 1.57 bits per heavy atom. The summed E-state index contributed by atoms with van der Waals surface area (Å²) in [4.78, 5) is 33.6. The van der Waals surface area contributed by atoms with Crippen LogP contribution in [0.1, 0.15) is 15.9 Å². The fourth-order valence-electron chi connectivity index (χ4n) is 2.49. The molecule has 0 radical (unpaired) electrons. The van der Waals surface area contributed by atoms with Crippen LogP contribution in [0, 0.1) is 0 Å². The van der Waals surface area contributed by atoms with Gasteiger partial charge in [-0.25, -0.2) is 4.79 Å². The number of allylic oxidation sites excluding steroid dienone is 3. The van der Waals surface area contributed by atoms with Crippen molar-refractivity contribution in [3.8, 4) is 0 Å².